The van der Waals surface area contributed by atoms with E-state index in [1.807, 2.05) is 17.5 Å². The van der Waals surface area contributed by atoms with Gasteiger partial charge in [-0.25, -0.2) is 4.98 Å². The molecule has 0 saturated carbocycles. The summed E-state index contributed by atoms with van der Waals surface area (Å²) in [6.45, 7) is 0.319. The smallest absolute Gasteiger partial charge is 0.246 e. The second kappa shape index (κ2) is 7.16. The van der Waals surface area contributed by atoms with Gasteiger partial charge in [-0.15, -0.1) is 11.3 Å². The first-order valence-electron chi connectivity index (χ1n) is 6.66. The topological polar surface area (TPSA) is 85.1 Å². The van der Waals surface area contributed by atoms with E-state index in [0.717, 1.165) is 4.88 Å². The SMILES string of the molecule is COc1cccnc1NC(=S)NCc1nc(-c2cccs2)no1. The van der Waals surface area contributed by atoms with Crippen molar-refractivity contribution in [1.29, 1.82) is 0 Å². The number of nitrogens with one attached hydrogen (secondary N) is 2. The van der Waals surface area contributed by atoms with Gasteiger partial charge in [0.1, 0.15) is 0 Å². The maximum Gasteiger partial charge on any atom is 0.246 e. The summed E-state index contributed by atoms with van der Waals surface area (Å²) in [5, 5.41) is 12.2. The standard InChI is InChI=1S/C14H13N5O2S2/c1-20-9-4-2-6-15-12(9)18-14(22)16-8-11-17-13(19-21-11)10-5-3-7-23-10/h2-7H,8H2,1H3,(H2,15,16,18,22). The van der Waals surface area contributed by atoms with Crippen LogP contribution in [-0.2, 0) is 6.54 Å². The van der Waals surface area contributed by atoms with E-state index in [0.29, 0.717) is 34.9 Å². The molecule has 0 unspecified atom stereocenters. The number of hydrogen-bond acceptors (Lipinski definition) is 7. The average molecular weight is 347 g/mol. The summed E-state index contributed by atoms with van der Waals surface area (Å²) in [6.07, 6.45) is 1.65. The summed E-state index contributed by atoms with van der Waals surface area (Å²) in [5.74, 6) is 2.17. The molecule has 0 saturated heterocycles. The highest BCUT2D eigenvalue weighted by Gasteiger charge is 2.10. The summed E-state index contributed by atoms with van der Waals surface area (Å²) in [6, 6.07) is 7.45. The zero-order valence-corrected chi connectivity index (χ0v) is 13.8. The molecule has 0 aliphatic rings. The second-order valence-electron chi connectivity index (χ2n) is 4.35. The van der Waals surface area contributed by atoms with E-state index in [-0.39, 0.29) is 0 Å². The molecule has 3 aromatic rings. The predicted molar refractivity (Wildman–Crippen MR) is 91.5 cm³/mol. The van der Waals surface area contributed by atoms with Gasteiger partial charge in [-0.2, -0.15) is 4.98 Å². The molecule has 9 heteroatoms. The lowest BCUT2D eigenvalue weighted by Crippen LogP contribution is -2.28. The minimum atomic E-state index is 0.319. The Hall–Kier alpha value is -2.52. The van der Waals surface area contributed by atoms with E-state index in [9.17, 15) is 0 Å². The number of thiocarbonyl (C=S) groups is 1. The number of anilines is 1. The number of methoxy groups -OCH3 is 1. The van der Waals surface area contributed by atoms with E-state index in [2.05, 4.69) is 25.8 Å². The van der Waals surface area contributed by atoms with Crippen LogP contribution in [0.5, 0.6) is 5.75 Å². The summed E-state index contributed by atoms with van der Waals surface area (Å²) >= 11 is 6.78. The molecular formula is C14H13N5O2S2. The molecular weight excluding hydrogens is 334 g/mol. The van der Waals surface area contributed by atoms with E-state index in [4.69, 9.17) is 21.5 Å². The van der Waals surface area contributed by atoms with Gasteiger partial charge in [0.15, 0.2) is 16.7 Å². The third kappa shape index (κ3) is 3.82. The zero-order valence-electron chi connectivity index (χ0n) is 12.1. The van der Waals surface area contributed by atoms with Gasteiger partial charge in [-0.1, -0.05) is 11.2 Å². The Kier molecular flexibility index (Phi) is 4.79. The quantitative estimate of drug-likeness (QED) is 0.682. The van der Waals surface area contributed by atoms with Crippen molar-refractivity contribution in [2.24, 2.45) is 0 Å². The van der Waals surface area contributed by atoms with Crippen LogP contribution >= 0.6 is 23.6 Å². The van der Waals surface area contributed by atoms with Crippen LogP contribution in [0.1, 0.15) is 5.89 Å². The molecule has 0 aliphatic carbocycles. The maximum absolute atomic E-state index is 5.22. The highest BCUT2D eigenvalue weighted by Crippen LogP contribution is 2.21. The number of nitrogens with zero attached hydrogens (tertiary/aromatic N) is 3. The first-order chi connectivity index (χ1) is 11.3. The summed E-state index contributed by atoms with van der Waals surface area (Å²) in [7, 11) is 1.57. The Labute approximate surface area is 141 Å². The minimum Gasteiger partial charge on any atom is -0.493 e. The van der Waals surface area contributed by atoms with Crippen molar-refractivity contribution in [1.82, 2.24) is 20.4 Å². The molecule has 0 radical (unpaired) electrons. The Balaban J connectivity index is 1.57. The van der Waals surface area contributed by atoms with Gasteiger partial charge in [0.2, 0.25) is 11.7 Å². The van der Waals surface area contributed by atoms with Gasteiger partial charge < -0.3 is 19.9 Å². The number of rotatable bonds is 5. The Morgan fingerprint density at radius 2 is 2.30 bits per heavy atom. The van der Waals surface area contributed by atoms with Crippen LogP contribution in [0.4, 0.5) is 5.82 Å². The Morgan fingerprint density at radius 1 is 1.39 bits per heavy atom. The van der Waals surface area contributed by atoms with Gasteiger partial charge in [0.05, 0.1) is 18.5 Å². The number of hydrogen-bond donors (Lipinski definition) is 2. The molecule has 0 spiro atoms. The normalized spacial score (nSPS) is 10.3. The van der Waals surface area contributed by atoms with E-state index in [1.54, 1.807) is 36.8 Å². The third-order valence-corrected chi connectivity index (χ3v) is 3.94. The first-order valence-corrected chi connectivity index (χ1v) is 7.95. The van der Waals surface area contributed by atoms with Crippen molar-refractivity contribution < 1.29 is 9.26 Å². The van der Waals surface area contributed by atoms with E-state index < -0.39 is 0 Å². The molecule has 0 bridgehead atoms. The van der Waals surface area contributed by atoms with Crippen molar-refractivity contribution in [2.45, 2.75) is 6.54 Å². The Bertz CT molecular complexity index is 788. The lowest BCUT2D eigenvalue weighted by atomic mass is 10.4. The van der Waals surface area contributed by atoms with E-state index in [1.165, 1.54) is 0 Å². The van der Waals surface area contributed by atoms with Crippen LogP contribution in [0.2, 0.25) is 0 Å². The molecule has 2 N–H and O–H groups in total. The van der Waals surface area contributed by atoms with Gasteiger partial charge in [-0.05, 0) is 35.8 Å². The molecule has 23 heavy (non-hydrogen) atoms. The molecule has 3 heterocycles. The van der Waals surface area contributed by atoms with Gasteiger partial charge >= 0.3 is 0 Å². The van der Waals surface area contributed by atoms with Crippen molar-refractivity contribution in [3.8, 4) is 16.5 Å². The van der Waals surface area contributed by atoms with E-state index >= 15 is 0 Å². The van der Waals surface area contributed by atoms with Crippen molar-refractivity contribution in [3.05, 3.63) is 41.7 Å². The third-order valence-electron chi connectivity index (χ3n) is 2.83. The average Bonchev–Trinajstić information content (AvgIpc) is 3.24. The monoisotopic (exact) mass is 347 g/mol. The highest BCUT2D eigenvalue weighted by atomic mass is 32.1. The number of pyridine rings is 1. The van der Waals surface area contributed by atoms with Crippen molar-refractivity contribution in [2.75, 3.05) is 12.4 Å². The molecule has 3 aromatic heterocycles. The molecule has 0 amide bonds. The fourth-order valence-electron chi connectivity index (χ4n) is 1.79. The fraction of sp³-hybridized carbons (Fsp3) is 0.143. The largest absolute Gasteiger partial charge is 0.493 e. The van der Waals surface area contributed by atoms with Crippen LogP contribution in [0, 0.1) is 0 Å². The number of ether oxygens (including phenoxy) is 1. The molecule has 0 aliphatic heterocycles. The van der Waals surface area contributed by atoms with Crippen LogP contribution in [0.15, 0.2) is 40.4 Å². The first kappa shape index (κ1) is 15.4. The molecule has 0 aromatic carbocycles. The van der Waals surface area contributed by atoms with Crippen LogP contribution in [-0.4, -0.2) is 27.3 Å². The predicted octanol–water partition coefficient (Wildman–Crippen LogP) is 2.69. The Morgan fingerprint density at radius 3 is 3.09 bits per heavy atom. The fourth-order valence-corrected chi connectivity index (χ4v) is 2.61. The van der Waals surface area contributed by atoms with Crippen molar-refractivity contribution in [3.63, 3.8) is 0 Å². The van der Waals surface area contributed by atoms with Crippen LogP contribution < -0.4 is 15.4 Å². The molecule has 118 valence electrons. The lowest BCUT2D eigenvalue weighted by molar-refractivity contribution is 0.376. The van der Waals surface area contributed by atoms with Gasteiger partial charge in [0, 0.05) is 6.20 Å². The van der Waals surface area contributed by atoms with Crippen molar-refractivity contribution >= 4 is 34.5 Å². The van der Waals surface area contributed by atoms with Crippen LogP contribution in [0.25, 0.3) is 10.7 Å². The molecule has 0 fully saturated rings. The second-order valence-corrected chi connectivity index (χ2v) is 5.71. The molecule has 3 rings (SSSR count). The zero-order chi connectivity index (χ0) is 16.1. The van der Waals surface area contributed by atoms with Crippen LogP contribution in [0.3, 0.4) is 0 Å². The van der Waals surface area contributed by atoms with Gasteiger partial charge in [0.25, 0.3) is 0 Å². The number of aromatic nitrogens is 3. The summed E-state index contributed by atoms with van der Waals surface area (Å²) in [4.78, 5) is 9.43. The lowest BCUT2D eigenvalue weighted by Gasteiger charge is -2.10. The molecule has 0 atom stereocenters. The maximum atomic E-state index is 5.22. The minimum absolute atomic E-state index is 0.319. The number of thiophene rings is 1. The highest BCUT2D eigenvalue weighted by molar-refractivity contribution is 7.80. The molecule has 7 nitrogen and oxygen atoms in total. The summed E-state index contributed by atoms with van der Waals surface area (Å²) < 4.78 is 10.4. The summed E-state index contributed by atoms with van der Waals surface area (Å²) in [5.41, 5.74) is 0. The van der Waals surface area contributed by atoms with Gasteiger partial charge in [-0.3, -0.25) is 0 Å².